The van der Waals surface area contributed by atoms with Crippen molar-refractivity contribution < 1.29 is 9.90 Å². The summed E-state index contributed by atoms with van der Waals surface area (Å²) in [6.45, 7) is 7.56. The Morgan fingerprint density at radius 2 is 2.08 bits per heavy atom. The number of benzene rings is 1. The quantitative estimate of drug-likeness (QED) is 0.861. The second-order valence-electron chi connectivity index (χ2n) is 6.81. The Morgan fingerprint density at radius 3 is 2.76 bits per heavy atom. The molecule has 1 atom stereocenters. The lowest BCUT2D eigenvalue weighted by atomic mass is 9.98. The molecule has 134 valence electrons. The molecule has 0 unspecified atom stereocenters. The number of nitrogens with zero attached hydrogens (tertiary/aromatic N) is 2. The molecule has 1 saturated heterocycles. The van der Waals surface area contributed by atoms with Crippen molar-refractivity contribution in [3.05, 3.63) is 34.2 Å². The van der Waals surface area contributed by atoms with Crippen molar-refractivity contribution in [2.45, 2.75) is 39.7 Å². The van der Waals surface area contributed by atoms with Crippen molar-refractivity contribution >= 4 is 22.4 Å². The molecule has 1 aromatic heterocycles. The summed E-state index contributed by atoms with van der Waals surface area (Å²) in [4.78, 5) is 18.9. The number of rotatable bonds is 5. The van der Waals surface area contributed by atoms with Crippen molar-refractivity contribution in [3.8, 4) is 11.3 Å². The molecule has 1 amide bonds. The number of amides is 1. The standard InChI is InChI=1S/C19H25N3O2S/c1-12-7-13(2)18(14(3)8-12)16-11-25-19(20-16)21-17(24)9-22-6-4-5-15(22)10-23/h7-8,11,15,23H,4-6,9-10H2,1-3H3,(H,20,21,24)/t15-/m0/s1. The third-order valence-electron chi connectivity index (χ3n) is 4.74. The largest absolute Gasteiger partial charge is 0.395 e. The lowest BCUT2D eigenvalue weighted by Crippen LogP contribution is -2.38. The van der Waals surface area contributed by atoms with Gasteiger partial charge in [0.1, 0.15) is 0 Å². The second-order valence-corrected chi connectivity index (χ2v) is 7.67. The average Bonchev–Trinajstić information content (AvgIpc) is 3.15. The molecule has 6 heteroatoms. The highest BCUT2D eigenvalue weighted by molar-refractivity contribution is 7.14. The van der Waals surface area contributed by atoms with E-state index in [0.29, 0.717) is 11.7 Å². The van der Waals surface area contributed by atoms with Gasteiger partial charge in [-0.1, -0.05) is 17.7 Å². The number of aryl methyl sites for hydroxylation is 3. The van der Waals surface area contributed by atoms with Crippen LogP contribution in [0.2, 0.25) is 0 Å². The molecule has 25 heavy (non-hydrogen) atoms. The predicted molar refractivity (Wildman–Crippen MR) is 102 cm³/mol. The van der Waals surface area contributed by atoms with Crippen molar-refractivity contribution in [2.75, 3.05) is 25.0 Å². The molecule has 2 heterocycles. The SMILES string of the molecule is Cc1cc(C)c(-c2csc(NC(=O)CN3CCC[C@H]3CO)n2)c(C)c1. The summed E-state index contributed by atoms with van der Waals surface area (Å²) in [5.41, 5.74) is 5.69. The smallest absolute Gasteiger partial charge is 0.240 e. The highest BCUT2D eigenvalue weighted by Gasteiger charge is 2.25. The van der Waals surface area contributed by atoms with Crippen LogP contribution in [0.25, 0.3) is 11.3 Å². The van der Waals surface area contributed by atoms with E-state index in [2.05, 4.69) is 43.2 Å². The Labute approximate surface area is 152 Å². The summed E-state index contributed by atoms with van der Waals surface area (Å²) < 4.78 is 0. The van der Waals surface area contributed by atoms with Crippen LogP contribution in [0.5, 0.6) is 0 Å². The summed E-state index contributed by atoms with van der Waals surface area (Å²) in [6.07, 6.45) is 1.99. The summed E-state index contributed by atoms with van der Waals surface area (Å²) in [5, 5.41) is 14.9. The fourth-order valence-corrected chi connectivity index (χ4v) is 4.40. The summed E-state index contributed by atoms with van der Waals surface area (Å²) in [5.74, 6) is -0.0707. The van der Waals surface area contributed by atoms with Gasteiger partial charge in [0.2, 0.25) is 5.91 Å². The highest BCUT2D eigenvalue weighted by atomic mass is 32.1. The molecule has 3 rings (SSSR count). The van der Waals surface area contributed by atoms with Gasteiger partial charge in [0.15, 0.2) is 5.13 Å². The monoisotopic (exact) mass is 359 g/mol. The van der Waals surface area contributed by atoms with Crippen LogP contribution in [0.1, 0.15) is 29.5 Å². The minimum Gasteiger partial charge on any atom is -0.395 e. The van der Waals surface area contributed by atoms with Crippen LogP contribution in [-0.2, 0) is 4.79 Å². The second kappa shape index (κ2) is 7.64. The molecule has 1 aromatic carbocycles. The van der Waals surface area contributed by atoms with Gasteiger partial charge >= 0.3 is 0 Å². The maximum absolute atomic E-state index is 12.3. The molecule has 1 fully saturated rings. The van der Waals surface area contributed by atoms with E-state index < -0.39 is 0 Å². The number of thiazole rings is 1. The normalized spacial score (nSPS) is 17.8. The Balaban J connectivity index is 1.69. The zero-order valence-electron chi connectivity index (χ0n) is 15.0. The van der Waals surface area contributed by atoms with Gasteiger partial charge < -0.3 is 10.4 Å². The van der Waals surface area contributed by atoms with Gasteiger partial charge in [-0.15, -0.1) is 11.3 Å². The lowest BCUT2D eigenvalue weighted by molar-refractivity contribution is -0.117. The fraction of sp³-hybridized carbons (Fsp3) is 0.474. The minimum absolute atomic E-state index is 0.0707. The first-order valence-electron chi connectivity index (χ1n) is 8.66. The van der Waals surface area contributed by atoms with Crippen LogP contribution in [0.4, 0.5) is 5.13 Å². The third-order valence-corrected chi connectivity index (χ3v) is 5.50. The molecule has 0 bridgehead atoms. The molecule has 5 nitrogen and oxygen atoms in total. The molecular formula is C19H25N3O2S. The number of carbonyl (C=O) groups excluding carboxylic acids is 1. The predicted octanol–water partition coefficient (Wildman–Crippen LogP) is 3.13. The van der Waals surface area contributed by atoms with E-state index in [1.807, 2.05) is 10.3 Å². The summed E-state index contributed by atoms with van der Waals surface area (Å²) in [6, 6.07) is 4.42. The zero-order valence-corrected chi connectivity index (χ0v) is 15.8. The fourth-order valence-electron chi connectivity index (χ4n) is 3.68. The van der Waals surface area contributed by atoms with Crippen molar-refractivity contribution in [1.29, 1.82) is 0 Å². The number of carbonyl (C=O) groups is 1. The molecular weight excluding hydrogens is 334 g/mol. The van der Waals surface area contributed by atoms with Gasteiger partial charge in [-0.3, -0.25) is 9.69 Å². The van der Waals surface area contributed by atoms with Crippen molar-refractivity contribution in [1.82, 2.24) is 9.88 Å². The van der Waals surface area contributed by atoms with Gasteiger partial charge in [0.05, 0.1) is 18.8 Å². The molecule has 1 aliphatic rings. The van der Waals surface area contributed by atoms with Gasteiger partial charge in [-0.05, 0) is 51.3 Å². The molecule has 0 aliphatic carbocycles. The molecule has 2 aromatic rings. The number of hydrogen-bond acceptors (Lipinski definition) is 5. The summed E-state index contributed by atoms with van der Waals surface area (Å²) >= 11 is 1.45. The van der Waals surface area contributed by atoms with Crippen LogP contribution in [0.3, 0.4) is 0 Å². The van der Waals surface area contributed by atoms with Crippen molar-refractivity contribution in [2.24, 2.45) is 0 Å². The topological polar surface area (TPSA) is 65.5 Å². The van der Waals surface area contributed by atoms with Crippen LogP contribution >= 0.6 is 11.3 Å². The van der Waals surface area contributed by atoms with Crippen LogP contribution < -0.4 is 5.32 Å². The molecule has 0 radical (unpaired) electrons. The average molecular weight is 359 g/mol. The number of hydrogen-bond donors (Lipinski definition) is 2. The minimum atomic E-state index is -0.0707. The number of aromatic nitrogens is 1. The van der Waals surface area contributed by atoms with E-state index >= 15 is 0 Å². The van der Waals surface area contributed by atoms with E-state index in [-0.39, 0.29) is 18.6 Å². The summed E-state index contributed by atoms with van der Waals surface area (Å²) in [7, 11) is 0. The van der Waals surface area contributed by atoms with Gasteiger partial charge in [-0.25, -0.2) is 4.98 Å². The first kappa shape index (κ1) is 18.0. The number of likely N-dealkylation sites (tertiary alicyclic amines) is 1. The van der Waals surface area contributed by atoms with Crippen molar-refractivity contribution in [3.63, 3.8) is 0 Å². The highest BCUT2D eigenvalue weighted by Crippen LogP contribution is 2.31. The third kappa shape index (κ3) is 4.08. The zero-order chi connectivity index (χ0) is 18.0. The first-order chi connectivity index (χ1) is 12.0. The van der Waals surface area contributed by atoms with E-state index in [1.54, 1.807) is 0 Å². The van der Waals surface area contributed by atoms with Gasteiger partial charge in [-0.2, -0.15) is 0 Å². The molecule has 2 N–H and O–H groups in total. The lowest BCUT2D eigenvalue weighted by Gasteiger charge is -2.21. The Kier molecular flexibility index (Phi) is 5.51. The van der Waals surface area contributed by atoms with E-state index in [0.717, 1.165) is 30.6 Å². The Morgan fingerprint density at radius 1 is 1.36 bits per heavy atom. The first-order valence-corrected chi connectivity index (χ1v) is 9.54. The van der Waals surface area contributed by atoms with Crippen LogP contribution in [0, 0.1) is 20.8 Å². The maximum atomic E-state index is 12.3. The number of aliphatic hydroxyl groups excluding tert-OH is 1. The van der Waals surface area contributed by atoms with E-state index in [9.17, 15) is 9.90 Å². The van der Waals surface area contributed by atoms with E-state index in [4.69, 9.17) is 0 Å². The van der Waals surface area contributed by atoms with Crippen LogP contribution in [0.15, 0.2) is 17.5 Å². The van der Waals surface area contributed by atoms with Crippen LogP contribution in [-0.4, -0.2) is 46.6 Å². The molecule has 0 spiro atoms. The number of aliphatic hydroxyl groups is 1. The maximum Gasteiger partial charge on any atom is 0.240 e. The Bertz CT molecular complexity index is 749. The number of nitrogens with one attached hydrogen (secondary N) is 1. The van der Waals surface area contributed by atoms with E-state index in [1.165, 1.54) is 28.0 Å². The molecule has 0 saturated carbocycles. The van der Waals surface area contributed by atoms with Gasteiger partial charge in [0, 0.05) is 17.0 Å². The Hall–Kier alpha value is -1.76. The molecule has 1 aliphatic heterocycles. The van der Waals surface area contributed by atoms with Gasteiger partial charge in [0.25, 0.3) is 0 Å². The number of anilines is 1.